The molecule has 4 heteroatoms. The van der Waals surface area contributed by atoms with E-state index in [1.165, 1.54) is 44.3 Å². The standard InChI is InChI=1S/C21H33N3O/c1-22(9-10-23-11-13-25-14-12-23)21-15-19-7-8-20(16-21)24(19)17-18-5-3-2-4-6-18/h2-6,19-21H,7-17H2,1H3/t19-,20+,21?. The molecular formula is C21H33N3O. The fourth-order valence-electron chi connectivity index (χ4n) is 4.96. The van der Waals surface area contributed by atoms with Gasteiger partial charge < -0.3 is 9.64 Å². The number of piperidine rings is 1. The summed E-state index contributed by atoms with van der Waals surface area (Å²) >= 11 is 0. The van der Waals surface area contributed by atoms with Crippen LogP contribution in [-0.4, -0.2) is 79.3 Å². The van der Waals surface area contributed by atoms with Crippen LogP contribution >= 0.6 is 0 Å². The Labute approximate surface area is 152 Å². The van der Waals surface area contributed by atoms with Gasteiger partial charge in [-0.3, -0.25) is 9.80 Å². The number of nitrogens with zero attached hydrogens (tertiary/aromatic N) is 3. The van der Waals surface area contributed by atoms with Crippen LogP contribution in [0.1, 0.15) is 31.2 Å². The molecule has 138 valence electrons. The Balaban J connectivity index is 1.28. The van der Waals surface area contributed by atoms with Crippen molar-refractivity contribution in [1.29, 1.82) is 0 Å². The van der Waals surface area contributed by atoms with Crippen LogP contribution < -0.4 is 0 Å². The lowest BCUT2D eigenvalue weighted by Gasteiger charge is -2.42. The fourth-order valence-corrected chi connectivity index (χ4v) is 4.96. The maximum absolute atomic E-state index is 5.46. The first-order chi connectivity index (χ1) is 12.3. The van der Waals surface area contributed by atoms with Crippen molar-refractivity contribution in [2.75, 3.05) is 46.4 Å². The molecule has 3 aliphatic rings. The molecule has 3 saturated heterocycles. The van der Waals surface area contributed by atoms with E-state index in [1.54, 1.807) is 0 Å². The molecule has 1 aromatic rings. The van der Waals surface area contributed by atoms with Crippen LogP contribution in [0.4, 0.5) is 0 Å². The average Bonchev–Trinajstić information content (AvgIpc) is 2.89. The van der Waals surface area contributed by atoms with E-state index in [0.29, 0.717) is 0 Å². The molecule has 25 heavy (non-hydrogen) atoms. The number of rotatable bonds is 6. The number of fused-ring (bicyclic) bond motifs is 2. The first kappa shape index (κ1) is 17.5. The van der Waals surface area contributed by atoms with Crippen LogP contribution in [0, 0.1) is 0 Å². The van der Waals surface area contributed by atoms with E-state index >= 15 is 0 Å². The summed E-state index contributed by atoms with van der Waals surface area (Å²) in [7, 11) is 2.34. The van der Waals surface area contributed by atoms with E-state index < -0.39 is 0 Å². The fraction of sp³-hybridized carbons (Fsp3) is 0.714. The molecule has 0 saturated carbocycles. The van der Waals surface area contributed by atoms with Gasteiger partial charge in [0.15, 0.2) is 0 Å². The van der Waals surface area contributed by atoms with E-state index in [4.69, 9.17) is 4.74 Å². The third-order valence-corrected chi connectivity index (χ3v) is 6.56. The number of hydrogen-bond donors (Lipinski definition) is 0. The van der Waals surface area contributed by atoms with Crippen LogP contribution in [0.25, 0.3) is 0 Å². The van der Waals surface area contributed by atoms with Gasteiger partial charge in [0.1, 0.15) is 0 Å². The summed E-state index contributed by atoms with van der Waals surface area (Å²) in [6.07, 6.45) is 5.49. The summed E-state index contributed by atoms with van der Waals surface area (Å²) in [6.45, 7) is 7.56. The third-order valence-electron chi connectivity index (χ3n) is 6.56. The zero-order chi connectivity index (χ0) is 17.1. The second kappa shape index (κ2) is 8.17. The summed E-state index contributed by atoms with van der Waals surface area (Å²) in [5.41, 5.74) is 1.47. The Morgan fingerprint density at radius 3 is 2.40 bits per heavy atom. The van der Waals surface area contributed by atoms with E-state index in [0.717, 1.165) is 51.0 Å². The van der Waals surface area contributed by atoms with Gasteiger partial charge in [-0.15, -0.1) is 0 Å². The SMILES string of the molecule is CN(CCN1CCOCC1)C1C[C@H]2CC[C@@H](C1)N2Cc1ccccc1. The lowest BCUT2D eigenvalue weighted by molar-refractivity contribution is 0.0251. The maximum Gasteiger partial charge on any atom is 0.0594 e. The van der Waals surface area contributed by atoms with Gasteiger partial charge in [0.05, 0.1) is 13.2 Å². The van der Waals surface area contributed by atoms with Crippen LogP contribution in [-0.2, 0) is 11.3 Å². The van der Waals surface area contributed by atoms with Crippen LogP contribution in [0.2, 0.25) is 0 Å². The minimum atomic E-state index is 0.769. The first-order valence-electron chi connectivity index (χ1n) is 10.1. The van der Waals surface area contributed by atoms with Gasteiger partial charge in [-0.05, 0) is 38.3 Å². The number of benzene rings is 1. The average molecular weight is 344 g/mol. The molecule has 0 aromatic heterocycles. The molecule has 1 unspecified atom stereocenters. The first-order valence-corrected chi connectivity index (χ1v) is 10.1. The lowest BCUT2D eigenvalue weighted by Crippen LogP contribution is -2.50. The van der Waals surface area contributed by atoms with E-state index in [-0.39, 0.29) is 0 Å². The molecule has 3 atom stereocenters. The summed E-state index contributed by atoms with van der Waals surface area (Å²) in [4.78, 5) is 7.99. The summed E-state index contributed by atoms with van der Waals surface area (Å²) < 4.78 is 5.46. The van der Waals surface area contributed by atoms with E-state index in [9.17, 15) is 0 Å². The molecule has 1 aromatic carbocycles. The highest BCUT2D eigenvalue weighted by Crippen LogP contribution is 2.38. The highest BCUT2D eigenvalue weighted by molar-refractivity contribution is 5.15. The quantitative estimate of drug-likeness (QED) is 0.790. The van der Waals surface area contributed by atoms with Crippen LogP contribution in [0.5, 0.6) is 0 Å². The molecule has 0 spiro atoms. The monoisotopic (exact) mass is 343 g/mol. The summed E-state index contributed by atoms with van der Waals surface area (Å²) in [5.74, 6) is 0. The molecular weight excluding hydrogens is 310 g/mol. The molecule has 4 rings (SSSR count). The molecule has 2 bridgehead atoms. The van der Waals surface area contributed by atoms with Crippen molar-refractivity contribution in [2.45, 2.75) is 50.4 Å². The van der Waals surface area contributed by atoms with Crippen molar-refractivity contribution in [3.63, 3.8) is 0 Å². The highest BCUT2D eigenvalue weighted by Gasteiger charge is 2.41. The van der Waals surface area contributed by atoms with Gasteiger partial charge in [-0.1, -0.05) is 30.3 Å². The molecule has 4 nitrogen and oxygen atoms in total. The minimum Gasteiger partial charge on any atom is -0.379 e. The van der Waals surface area contributed by atoms with Gasteiger partial charge in [-0.25, -0.2) is 0 Å². The number of hydrogen-bond acceptors (Lipinski definition) is 4. The number of ether oxygens (including phenoxy) is 1. The normalized spacial score (nSPS) is 30.9. The summed E-state index contributed by atoms with van der Waals surface area (Å²) in [6, 6.07) is 13.4. The van der Waals surface area contributed by atoms with Crippen molar-refractivity contribution in [3.05, 3.63) is 35.9 Å². The Morgan fingerprint density at radius 2 is 1.72 bits per heavy atom. The molecule has 0 amide bonds. The number of likely N-dealkylation sites (N-methyl/N-ethyl adjacent to an activating group) is 1. The van der Waals surface area contributed by atoms with Gasteiger partial charge in [0.2, 0.25) is 0 Å². The maximum atomic E-state index is 5.46. The Morgan fingerprint density at radius 1 is 1.04 bits per heavy atom. The van der Waals surface area contributed by atoms with Crippen LogP contribution in [0.3, 0.4) is 0 Å². The van der Waals surface area contributed by atoms with Crippen LogP contribution in [0.15, 0.2) is 30.3 Å². The predicted octanol–water partition coefficient (Wildman–Crippen LogP) is 2.45. The zero-order valence-electron chi connectivity index (χ0n) is 15.6. The van der Waals surface area contributed by atoms with Gasteiger partial charge in [0, 0.05) is 50.8 Å². The highest BCUT2D eigenvalue weighted by atomic mass is 16.5. The largest absolute Gasteiger partial charge is 0.379 e. The van der Waals surface area contributed by atoms with Crippen molar-refractivity contribution < 1.29 is 4.74 Å². The van der Waals surface area contributed by atoms with Crippen molar-refractivity contribution in [3.8, 4) is 0 Å². The second-order valence-corrected chi connectivity index (χ2v) is 8.10. The molecule has 3 heterocycles. The van der Waals surface area contributed by atoms with Gasteiger partial charge >= 0.3 is 0 Å². The van der Waals surface area contributed by atoms with Gasteiger partial charge in [0.25, 0.3) is 0 Å². The minimum absolute atomic E-state index is 0.769. The Bertz CT molecular complexity index is 517. The van der Waals surface area contributed by atoms with Crippen molar-refractivity contribution >= 4 is 0 Å². The lowest BCUT2D eigenvalue weighted by atomic mass is 9.95. The molecule has 0 radical (unpaired) electrons. The third kappa shape index (κ3) is 4.25. The van der Waals surface area contributed by atoms with E-state index in [2.05, 4.69) is 52.1 Å². The second-order valence-electron chi connectivity index (χ2n) is 8.10. The Kier molecular flexibility index (Phi) is 5.71. The predicted molar refractivity (Wildman–Crippen MR) is 102 cm³/mol. The van der Waals surface area contributed by atoms with E-state index in [1.807, 2.05) is 0 Å². The summed E-state index contributed by atoms with van der Waals surface area (Å²) in [5, 5.41) is 0. The molecule has 3 aliphatic heterocycles. The number of morpholine rings is 1. The molecule has 0 aliphatic carbocycles. The molecule has 0 N–H and O–H groups in total. The smallest absolute Gasteiger partial charge is 0.0594 e. The zero-order valence-corrected chi connectivity index (χ0v) is 15.6. The topological polar surface area (TPSA) is 19.0 Å². The van der Waals surface area contributed by atoms with Gasteiger partial charge in [-0.2, -0.15) is 0 Å². The molecule has 3 fully saturated rings. The van der Waals surface area contributed by atoms with Crippen molar-refractivity contribution in [2.24, 2.45) is 0 Å². The van der Waals surface area contributed by atoms with Crippen molar-refractivity contribution in [1.82, 2.24) is 14.7 Å². The Hall–Kier alpha value is -0.940.